The lowest BCUT2D eigenvalue weighted by molar-refractivity contribution is 0.403. The quantitative estimate of drug-likeness (QED) is 0.673. The number of para-hydroxylation sites is 1. The molecule has 0 aliphatic carbocycles. The van der Waals surface area contributed by atoms with E-state index in [0.29, 0.717) is 0 Å². The van der Waals surface area contributed by atoms with Crippen LogP contribution in [0.2, 0.25) is 0 Å². The van der Waals surface area contributed by atoms with Gasteiger partial charge in [-0.05, 0) is 30.4 Å². The largest absolute Gasteiger partial charge is 0.496 e. The summed E-state index contributed by atoms with van der Waals surface area (Å²) in [7, 11) is 1.74. The molecule has 0 N–H and O–H groups in total. The molecular formula is C14H21BrO. The normalized spacial score (nSPS) is 12.4. The highest BCUT2D eigenvalue weighted by Gasteiger charge is 2.10. The van der Waals surface area contributed by atoms with Crippen LogP contribution in [0.3, 0.4) is 0 Å². The lowest BCUT2D eigenvalue weighted by Crippen LogP contribution is -2.07. The van der Waals surface area contributed by atoms with Crippen molar-refractivity contribution in [1.82, 2.24) is 0 Å². The first-order valence-corrected chi connectivity index (χ1v) is 7.11. The topological polar surface area (TPSA) is 9.23 Å². The number of ether oxygens (including phenoxy) is 1. The SMILES string of the molecule is CCCCC(CBr)Cc1ccccc1OC. The van der Waals surface area contributed by atoms with Gasteiger partial charge in [0, 0.05) is 5.33 Å². The van der Waals surface area contributed by atoms with Crippen molar-refractivity contribution in [1.29, 1.82) is 0 Å². The molecule has 1 aromatic carbocycles. The Morgan fingerprint density at radius 2 is 2.06 bits per heavy atom. The number of halogens is 1. The Hall–Kier alpha value is -0.500. The van der Waals surface area contributed by atoms with Gasteiger partial charge in [-0.25, -0.2) is 0 Å². The molecule has 0 radical (unpaired) electrons. The first-order chi connectivity index (χ1) is 7.81. The first kappa shape index (κ1) is 13.6. The molecule has 16 heavy (non-hydrogen) atoms. The lowest BCUT2D eigenvalue weighted by Gasteiger charge is -2.15. The van der Waals surface area contributed by atoms with Gasteiger partial charge in [0.15, 0.2) is 0 Å². The smallest absolute Gasteiger partial charge is 0.122 e. The van der Waals surface area contributed by atoms with Gasteiger partial charge in [-0.15, -0.1) is 0 Å². The number of hydrogen-bond acceptors (Lipinski definition) is 1. The minimum absolute atomic E-state index is 0.719. The van der Waals surface area contributed by atoms with Crippen LogP contribution in [-0.4, -0.2) is 12.4 Å². The van der Waals surface area contributed by atoms with Gasteiger partial charge in [0.25, 0.3) is 0 Å². The summed E-state index contributed by atoms with van der Waals surface area (Å²) in [5.74, 6) is 1.74. The summed E-state index contributed by atoms with van der Waals surface area (Å²) in [5, 5.41) is 1.07. The summed E-state index contributed by atoms with van der Waals surface area (Å²) in [6.07, 6.45) is 4.98. The minimum atomic E-state index is 0.719. The molecule has 0 heterocycles. The number of alkyl halides is 1. The fraction of sp³-hybridized carbons (Fsp3) is 0.571. The Morgan fingerprint density at radius 1 is 1.31 bits per heavy atom. The molecule has 1 rings (SSSR count). The van der Waals surface area contributed by atoms with Crippen LogP contribution in [0.5, 0.6) is 5.75 Å². The molecule has 1 nitrogen and oxygen atoms in total. The number of hydrogen-bond donors (Lipinski definition) is 0. The fourth-order valence-electron chi connectivity index (χ4n) is 1.91. The van der Waals surface area contributed by atoms with Gasteiger partial charge in [-0.1, -0.05) is 53.9 Å². The van der Waals surface area contributed by atoms with Gasteiger partial charge >= 0.3 is 0 Å². The van der Waals surface area contributed by atoms with Gasteiger partial charge in [0.2, 0.25) is 0 Å². The lowest BCUT2D eigenvalue weighted by atomic mass is 9.95. The molecule has 0 amide bonds. The molecule has 90 valence electrons. The van der Waals surface area contributed by atoms with Crippen LogP contribution in [0.4, 0.5) is 0 Å². The maximum Gasteiger partial charge on any atom is 0.122 e. The highest BCUT2D eigenvalue weighted by atomic mass is 79.9. The zero-order chi connectivity index (χ0) is 11.8. The molecule has 1 aromatic rings. The van der Waals surface area contributed by atoms with Crippen LogP contribution in [-0.2, 0) is 6.42 Å². The average Bonchev–Trinajstić information content (AvgIpc) is 2.34. The van der Waals surface area contributed by atoms with E-state index in [-0.39, 0.29) is 0 Å². The van der Waals surface area contributed by atoms with Crippen molar-refractivity contribution in [2.75, 3.05) is 12.4 Å². The van der Waals surface area contributed by atoms with E-state index in [9.17, 15) is 0 Å². The summed E-state index contributed by atoms with van der Waals surface area (Å²) < 4.78 is 5.38. The van der Waals surface area contributed by atoms with E-state index >= 15 is 0 Å². The van der Waals surface area contributed by atoms with Gasteiger partial charge in [0.1, 0.15) is 5.75 Å². The van der Waals surface area contributed by atoms with Crippen LogP contribution >= 0.6 is 15.9 Å². The van der Waals surface area contributed by atoms with Crippen molar-refractivity contribution in [3.63, 3.8) is 0 Å². The molecule has 0 aliphatic rings. The summed E-state index contributed by atoms with van der Waals surface area (Å²) in [4.78, 5) is 0. The molecule has 0 saturated carbocycles. The molecule has 0 aliphatic heterocycles. The molecule has 1 atom stereocenters. The summed E-state index contributed by atoms with van der Waals surface area (Å²) in [6, 6.07) is 8.32. The van der Waals surface area contributed by atoms with Crippen molar-refractivity contribution < 1.29 is 4.74 Å². The standard InChI is InChI=1S/C14H21BrO/c1-3-4-7-12(11-15)10-13-8-5-6-9-14(13)16-2/h5-6,8-9,12H,3-4,7,10-11H2,1-2H3. The summed E-state index contributed by atoms with van der Waals surface area (Å²) >= 11 is 3.61. The van der Waals surface area contributed by atoms with Gasteiger partial charge in [-0.3, -0.25) is 0 Å². The number of benzene rings is 1. The summed E-state index contributed by atoms with van der Waals surface area (Å²) in [6.45, 7) is 2.24. The Labute approximate surface area is 107 Å². The maximum atomic E-state index is 5.38. The third-order valence-corrected chi connectivity index (χ3v) is 3.80. The summed E-state index contributed by atoms with van der Waals surface area (Å²) in [5.41, 5.74) is 1.32. The van der Waals surface area contributed by atoms with Crippen LogP contribution in [0.15, 0.2) is 24.3 Å². The van der Waals surface area contributed by atoms with Crippen molar-refractivity contribution >= 4 is 15.9 Å². The van der Waals surface area contributed by atoms with Crippen LogP contribution in [0.1, 0.15) is 31.7 Å². The second kappa shape index (κ2) is 7.72. The zero-order valence-corrected chi connectivity index (χ0v) is 11.8. The highest BCUT2D eigenvalue weighted by Crippen LogP contribution is 2.24. The van der Waals surface area contributed by atoms with E-state index in [1.807, 2.05) is 12.1 Å². The Kier molecular flexibility index (Phi) is 6.55. The highest BCUT2D eigenvalue weighted by molar-refractivity contribution is 9.09. The Bertz CT molecular complexity index is 299. The van der Waals surface area contributed by atoms with E-state index in [2.05, 4.69) is 35.0 Å². The van der Waals surface area contributed by atoms with Crippen molar-refractivity contribution in [3.05, 3.63) is 29.8 Å². The first-order valence-electron chi connectivity index (χ1n) is 5.99. The van der Waals surface area contributed by atoms with Crippen LogP contribution < -0.4 is 4.74 Å². The molecule has 0 bridgehead atoms. The second-order valence-corrected chi connectivity index (χ2v) is 4.83. The van der Waals surface area contributed by atoms with Gasteiger partial charge in [-0.2, -0.15) is 0 Å². The second-order valence-electron chi connectivity index (χ2n) is 4.18. The Morgan fingerprint density at radius 3 is 2.69 bits per heavy atom. The molecule has 0 fully saturated rings. The minimum Gasteiger partial charge on any atom is -0.496 e. The predicted octanol–water partition coefficient (Wildman–Crippen LogP) is 4.44. The molecule has 0 saturated heterocycles. The van der Waals surface area contributed by atoms with Gasteiger partial charge < -0.3 is 4.74 Å². The fourth-order valence-corrected chi connectivity index (χ4v) is 2.46. The molecule has 2 heteroatoms. The predicted molar refractivity (Wildman–Crippen MR) is 73.5 cm³/mol. The third kappa shape index (κ3) is 4.17. The van der Waals surface area contributed by atoms with E-state index in [4.69, 9.17) is 4.74 Å². The van der Waals surface area contributed by atoms with E-state index in [1.165, 1.54) is 24.8 Å². The maximum absolute atomic E-state index is 5.38. The number of methoxy groups -OCH3 is 1. The average molecular weight is 285 g/mol. The van der Waals surface area contributed by atoms with Crippen LogP contribution in [0.25, 0.3) is 0 Å². The zero-order valence-electron chi connectivity index (χ0n) is 10.2. The number of unbranched alkanes of at least 4 members (excludes halogenated alkanes) is 1. The van der Waals surface area contributed by atoms with E-state index < -0.39 is 0 Å². The molecular weight excluding hydrogens is 264 g/mol. The van der Waals surface area contributed by atoms with Crippen molar-refractivity contribution in [3.8, 4) is 5.75 Å². The third-order valence-electron chi connectivity index (χ3n) is 2.89. The molecule has 0 aromatic heterocycles. The van der Waals surface area contributed by atoms with E-state index in [1.54, 1.807) is 7.11 Å². The number of rotatable bonds is 7. The van der Waals surface area contributed by atoms with Crippen molar-refractivity contribution in [2.45, 2.75) is 32.6 Å². The Balaban J connectivity index is 2.62. The monoisotopic (exact) mass is 284 g/mol. The van der Waals surface area contributed by atoms with Crippen molar-refractivity contribution in [2.24, 2.45) is 5.92 Å². The van der Waals surface area contributed by atoms with E-state index in [0.717, 1.165) is 23.4 Å². The molecule has 1 unspecified atom stereocenters. The molecule has 0 spiro atoms. The van der Waals surface area contributed by atoms with Gasteiger partial charge in [0.05, 0.1) is 7.11 Å². The van der Waals surface area contributed by atoms with Crippen LogP contribution in [0, 0.1) is 5.92 Å².